The molecule has 9 heteroatoms. The summed E-state index contributed by atoms with van der Waals surface area (Å²) in [5.41, 5.74) is 6.14. The van der Waals surface area contributed by atoms with E-state index in [1.165, 1.54) is 5.39 Å². The molecule has 242 valence electrons. The first kappa shape index (κ1) is 31.1. The van der Waals surface area contributed by atoms with Crippen LogP contribution in [0, 0.1) is 6.92 Å². The van der Waals surface area contributed by atoms with Crippen molar-refractivity contribution in [1.29, 1.82) is 0 Å². The van der Waals surface area contributed by atoms with Crippen molar-refractivity contribution in [3.05, 3.63) is 90.3 Å². The van der Waals surface area contributed by atoms with Crippen LogP contribution in [0.1, 0.15) is 30.4 Å². The van der Waals surface area contributed by atoms with E-state index in [1.54, 1.807) is 6.20 Å². The summed E-state index contributed by atoms with van der Waals surface area (Å²) in [7, 11) is 0. The lowest BCUT2D eigenvalue weighted by molar-refractivity contribution is -0.144. The largest absolute Gasteiger partial charge is 0.492 e. The number of anilines is 2. The Labute approximate surface area is 275 Å². The third-order valence-corrected chi connectivity index (χ3v) is 9.43. The molecule has 2 saturated heterocycles. The van der Waals surface area contributed by atoms with Gasteiger partial charge in [-0.15, -0.1) is 0 Å². The third-order valence-electron chi connectivity index (χ3n) is 9.43. The van der Waals surface area contributed by atoms with Gasteiger partial charge in [-0.2, -0.15) is 0 Å². The van der Waals surface area contributed by atoms with Crippen molar-refractivity contribution in [2.45, 2.75) is 38.8 Å². The Morgan fingerprint density at radius 2 is 1.85 bits per heavy atom. The van der Waals surface area contributed by atoms with Gasteiger partial charge in [-0.1, -0.05) is 36.8 Å². The molecule has 2 N–H and O–H groups in total. The lowest BCUT2D eigenvalue weighted by Crippen LogP contribution is -2.44. The van der Waals surface area contributed by atoms with Crippen LogP contribution in [0.2, 0.25) is 0 Å². The van der Waals surface area contributed by atoms with Gasteiger partial charge >= 0.3 is 5.97 Å². The Morgan fingerprint density at radius 3 is 2.72 bits per heavy atom. The molecule has 9 nitrogen and oxygen atoms in total. The molecule has 1 unspecified atom stereocenters. The van der Waals surface area contributed by atoms with Gasteiger partial charge in [0, 0.05) is 49.6 Å². The molecule has 2 aromatic heterocycles. The van der Waals surface area contributed by atoms with E-state index in [0.29, 0.717) is 25.4 Å². The summed E-state index contributed by atoms with van der Waals surface area (Å²) in [5, 5.41) is 16.5. The predicted octanol–water partition coefficient (Wildman–Crippen LogP) is 6.65. The minimum atomic E-state index is -0.746. The van der Waals surface area contributed by atoms with E-state index in [9.17, 15) is 9.90 Å². The number of carboxylic acids is 1. The number of rotatable bonds is 10. The van der Waals surface area contributed by atoms with Crippen LogP contribution in [0.4, 0.5) is 11.5 Å². The minimum Gasteiger partial charge on any atom is -0.492 e. The SMILES string of the molecule is Cc1c(Nc2nccc3cc(CN4CCCCC4C(=O)O)cnc23)cccc1-c1ccc2ccc(OCCN3CCOCC3)cc2c1. The lowest BCUT2D eigenvalue weighted by Gasteiger charge is -2.32. The summed E-state index contributed by atoms with van der Waals surface area (Å²) in [6.45, 7) is 8.54. The molecular weight excluding hydrogens is 590 g/mol. The molecule has 7 rings (SSSR count). The highest BCUT2D eigenvalue weighted by Crippen LogP contribution is 2.34. The first-order valence-corrected chi connectivity index (χ1v) is 16.6. The average Bonchev–Trinajstić information content (AvgIpc) is 3.09. The molecule has 47 heavy (non-hydrogen) atoms. The number of pyridine rings is 2. The maximum atomic E-state index is 11.8. The number of carbonyl (C=O) groups is 1. The molecule has 2 aliphatic heterocycles. The van der Waals surface area contributed by atoms with E-state index in [-0.39, 0.29) is 0 Å². The molecule has 0 aliphatic carbocycles. The second-order valence-corrected chi connectivity index (χ2v) is 12.5. The number of nitrogens with zero attached hydrogens (tertiary/aromatic N) is 4. The lowest BCUT2D eigenvalue weighted by atomic mass is 9.96. The van der Waals surface area contributed by atoms with Gasteiger partial charge in [-0.3, -0.25) is 19.6 Å². The van der Waals surface area contributed by atoms with Crippen molar-refractivity contribution < 1.29 is 19.4 Å². The van der Waals surface area contributed by atoms with Crippen molar-refractivity contribution >= 4 is 39.1 Å². The maximum Gasteiger partial charge on any atom is 0.320 e. The van der Waals surface area contributed by atoms with E-state index in [4.69, 9.17) is 14.5 Å². The predicted molar refractivity (Wildman–Crippen MR) is 185 cm³/mol. The van der Waals surface area contributed by atoms with Gasteiger partial charge in [-0.25, -0.2) is 4.98 Å². The number of aliphatic carboxylic acids is 1. The number of fused-ring (bicyclic) bond motifs is 2. The number of hydrogen-bond donors (Lipinski definition) is 2. The number of hydrogen-bond acceptors (Lipinski definition) is 8. The summed E-state index contributed by atoms with van der Waals surface area (Å²) in [6.07, 6.45) is 6.31. The Balaban J connectivity index is 1.09. The fraction of sp³-hybridized carbons (Fsp3) is 0.342. The average molecular weight is 632 g/mol. The van der Waals surface area contributed by atoms with Gasteiger partial charge in [-0.05, 0) is 95.7 Å². The van der Waals surface area contributed by atoms with Crippen molar-refractivity contribution in [3.8, 4) is 16.9 Å². The van der Waals surface area contributed by atoms with Crippen molar-refractivity contribution in [1.82, 2.24) is 19.8 Å². The Kier molecular flexibility index (Phi) is 9.28. The fourth-order valence-electron chi connectivity index (χ4n) is 6.79. The summed E-state index contributed by atoms with van der Waals surface area (Å²) in [5.74, 6) is 0.822. The van der Waals surface area contributed by atoms with E-state index in [0.717, 1.165) is 102 Å². The van der Waals surface area contributed by atoms with E-state index in [1.807, 2.05) is 18.3 Å². The van der Waals surface area contributed by atoms with Crippen LogP contribution < -0.4 is 10.1 Å². The number of aromatic nitrogens is 2. The van der Waals surface area contributed by atoms with Crippen LogP contribution >= 0.6 is 0 Å². The Morgan fingerprint density at radius 1 is 0.979 bits per heavy atom. The molecule has 0 amide bonds. The Bertz CT molecular complexity index is 1890. The summed E-state index contributed by atoms with van der Waals surface area (Å²) < 4.78 is 11.6. The summed E-state index contributed by atoms with van der Waals surface area (Å²) in [4.78, 5) is 25.7. The van der Waals surface area contributed by atoms with E-state index < -0.39 is 12.0 Å². The fourth-order valence-corrected chi connectivity index (χ4v) is 6.79. The topological polar surface area (TPSA) is 100 Å². The normalized spacial score (nSPS) is 17.6. The van der Waals surface area contributed by atoms with Gasteiger partial charge in [0.1, 0.15) is 23.9 Å². The van der Waals surface area contributed by atoms with Crippen molar-refractivity contribution in [2.24, 2.45) is 0 Å². The smallest absolute Gasteiger partial charge is 0.320 e. The number of likely N-dealkylation sites (tertiary alicyclic amines) is 1. The van der Waals surface area contributed by atoms with E-state index >= 15 is 0 Å². The van der Waals surface area contributed by atoms with Crippen LogP contribution in [0.3, 0.4) is 0 Å². The first-order valence-electron chi connectivity index (χ1n) is 16.6. The van der Waals surface area contributed by atoms with Crippen LogP contribution in [0.5, 0.6) is 5.75 Å². The van der Waals surface area contributed by atoms with Crippen LogP contribution in [0.25, 0.3) is 32.8 Å². The number of nitrogens with one attached hydrogen (secondary N) is 1. The summed E-state index contributed by atoms with van der Waals surface area (Å²) >= 11 is 0. The van der Waals surface area contributed by atoms with Crippen LogP contribution in [-0.2, 0) is 16.1 Å². The quantitative estimate of drug-likeness (QED) is 0.175. The van der Waals surface area contributed by atoms with E-state index in [2.05, 4.69) is 81.6 Å². The molecule has 1 atom stereocenters. The Hall–Kier alpha value is -4.57. The summed E-state index contributed by atoms with van der Waals surface area (Å²) in [6, 6.07) is 22.8. The third kappa shape index (κ3) is 7.07. The highest BCUT2D eigenvalue weighted by Gasteiger charge is 2.28. The first-order chi connectivity index (χ1) is 23.0. The standard InChI is InChI=1S/C38H41N5O4/c1-26-33(29-9-8-28-10-11-32(23-31(28)22-29)47-20-17-42-15-18-46-19-16-42)5-4-6-34(26)41-37-36-30(12-13-39-37)21-27(24-40-36)25-43-14-3-2-7-35(43)38(44)45/h4-6,8-13,21-24,35H,2-3,7,14-20,25H2,1H3,(H,39,41)(H,44,45). The van der Waals surface area contributed by atoms with Gasteiger partial charge in [0.05, 0.1) is 13.2 Å². The zero-order chi connectivity index (χ0) is 32.2. The number of morpholine rings is 1. The maximum absolute atomic E-state index is 11.8. The van der Waals surface area contributed by atoms with Crippen LogP contribution in [-0.4, -0.2) is 82.9 Å². The highest BCUT2D eigenvalue weighted by atomic mass is 16.5. The van der Waals surface area contributed by atoms with Gasteiger partial charge in [0.2, 0.25) is 0 Å². The number of ether oxygens (including phenoxy) is 2. The molecule has 0 bridgehead atoms. The van der Waals surface area contributed by atoms with Crippen molar-refractivity contribution in [2.75, 3.05) is 51.3 Å². The van der Waals surface area contributed by atoms with Crippen molar-refractivity contribution in [3.63, 3.8) is 0 Å². The van der Waals surface area contributed by atoms with Gasteiger partial charge < -0.3 is 19.9 Å². The van der Waals surface area contributed by atoms with Gasteiger partial charge in [0.15, 0.2) is 5.82 Å². The second-order valence-electron chi connectivity index (χ2n) is 12.5. The molecule has 0 saturated carbocycles. The number of carboxylic acid groups (broad SMARTS) is 1. The number of piperidine rings is 1. The molecule has 5 aromatic rings. The van der Waals surface area contributed by atoms with Gasteiger partial charge in [0.25, 0.3) is 0 Å². The molecule has 3 aromatic carbocycles. The second kappa shape index (κ2) is 14.0. The molecule has 2 aliphatic rings. The van der Waals surface area contributed by atoms with Crippen LogP contribution in [0.15, 0.2) is 79.1 Å². The zero-order valence-electron chi connectivity index (χ0n) is 26.8. The monoisotopic (exact) mass is 631 g/mol. The molecule has 0 spiro atoms. The molecular formula is C38H41N5O4. The highest BCUT2D eigenvalue weighted by molar-refractivity contribution is 5.92. The molecule has 0 radical (unpaired) electrons. The number of benzene rings is 3. The minimum absolute atomic E-state index is 0.437. The molecule has 2 fully saturated rings. The molecule has 4 heterocycles. The zero-order valence-corrected chi connectivity index (χ0v) is 26.8.